The first-order chi connectivity index (χ1) is 30.8. The second-order valence-electron chi connectivity index (χ2n) is 16.5. The molecule has 5 heteroatoms. The van der Waals surface area contributed by atoms with Gasteiger partial charge in [0.05, 0.1) is 16.6 Å². The molecule has 2 nitrogen and oxygen atoms in total. The van der Waals surface area contributed by atoms with Crippen molar-refractivity contribution in [2.45, 2.75) is 19.5 Å². The zero-order valence-corrected chi connectivity index (χ0v) is 34.5. The van der Waals surface area contributed by atoms with Crippen molar-refractivity contribution in [3.63, 3.8) is 0 Å². The number of anilines is 3. The quantitative estimate of drug-likeness (QED) is 0.155. The van der Waals surface area contributed by atoms with E-state index in [0.29, 0.717) is 11.6 Å². The van der Waals surface area contributed by atoms with Gasteiger partial charge in [-0.05, 0) is 146 Å². The van der Waals surface area contributed by atoms with Gasteiger partial charge in [-0.3, -0.25) is 0 Å². The summed E-state index contributed by atoms with van der Waals surface area (Å²) in [5.74, 6) is 0.384. The van der Waals surface area contributed by atoms with Crippen LogP contribution < -0.4 is 4.90 Å². The second-order valence-corrected chi connectivity index (χ2v) is 16.5. The first kappa shape index (κ1) is 38.3. The molecule has 0 fully saturated rings. The van der Waals surface area contributed by atoms with E-state index in [0.717, 1.165) is 68.7 Å². The van der Waals surface area contributed by atoms with Gasteiger partial charge >= 0.3 is 6.18 Å². The number of halogens is 3. The first-order valence-corrected chi connectivity index (χ1v) is 21.4. The Bertz CT molecular complexity index is 3330. The van der Waals surface area contributed by atoms with Gasteiger partial charge in [0.2, 0.25) is 0 Å². The molecule has 1 unspecified atom stereocenters. The molecule has 1 atom stereocenters. The minimum Gasteiger partial charge on any atom is -0.311 e. The summed E-state index contributed by atoms with van der Waals surface area (Å²) in [4.78, 5) is 2.03. The van der Waals surface area contributed by atoms with Crippen LogP contribution in [0.5, 0.6) is 0 Å². The summed E-state index contributed by atoms with van der Waals surface area (Å²) in [5.41, 5.74) is 14.5. The van der Waals surface area contributed by atoms with E-state index in [1.54, 1.807) is 12.1 Å². The third-order valence-corrected chi connectivity index (χ3v) is 12.6. The maximum Gasteiger partial charge on any atom is 0.416 e. The molecule has 0 spiro atoms. The molecule has 304 valence electrons. The number of benzene rings is 9. The summed E-state index contributed by atoms with van der Waals surface area (Å²) in [5, 5.41) is 4.74. The molecular weight excluding hydrogens is 782 g/mol. The Morgan fingerprint density at radius 1 is 0.476 bits per heavy atom. The molecule has 63 heavy (non-hydrogen) atoms. The summed E-state index contributed by atoms with van der Waals surface area (Å²) < 4.78 is 43.7. The number of aromatic nitrogens is 1. The van der Waals surface area contributed by atoms with Gasteiger partial charge in [0.1, 0.15) is 0 Å². The van der Waals surface area contributed by atoms with Crippen LogP contribution in [0.15, 0.2) is 206 Å². The Morgan fingerprint density at radius 2 is 0.984 bits per heavy atom. The molecule has 1 aliphatic carbocycles. The maximum atomic E-state index is 13.8. The van der Waals surface area contributed by atoms with Crippen LogP contribution in [0.3, 0.4) is 0 Å². The van der Waals surface area contributed by atoms with Gasteiger partial charge in [-0.15, -0.1) is 0 Å². The minimum atomic E-state index is -4.44. The van der Waals surface area contributed by atoms with E-state index in [1.807, 2.05) is 11.0 Å². The van der Waals surface area contributed by atoms with Crippen LogP contribution in [0.1, 0.15) is 23.6 Å². The highest BCUT2D eigenvalue weighted by atomic mass is 19.4. The maximum absolute atomic E-state index is 13.8. The molecule has 0 aliphatic heterocycles. The van der Waals surface area contributed by atoms with Crippen LogP contribution in [0.25, 0.3) is 77.7 Å². The predicted molar refractivity (Wildman–Crippen MR) is 256 cm³/mol. The zero-order chi connectivity index (χ0) is 42.7. The van der Waals surface area contributed by atoms with Crippen molar-refractivity contribution in [1.82, 2.24) is 4.57 Å². The predicted octanol–water partition coefficient (Wildman–Crippen LogP) is 16.6. The fourth-order valence-corrected chi connectivity index (χ4v) is 9.64. The highest BCUT2D eigenvalue weighted by Crippen LogP contribution is 2.46. The molecule has 0 saturated carbocycles. The third kappa shape index (κ3) is 6.77. The summed E-state index contributed by atoms with van der Waals surface area (Å²) >= 11 is 0. The van der Waals surface area contributed by atoms with Crippen molar-refractivity contribution in [3.8, 4) is 39.1 Å². The average molecular weight is 823 g/mol. The molecule has 0 radical (unpaired) electrons. The van der Waals surface area contributed by atoms with Gasteiger partial charge in [-0.25, -0.2) is 0 Å². The molecular formula is C58H41F3N2. The van der Waals surface area contributed by atoms with Crippen molar-refractivity contribution >= 4 is 55.7 Å². The molecule has 0 bridgehead atoms. The lowest BCUT2D eigenvalue weighted by Gasteiger charge is -2.27. The summed E-state index contributed by atoms with van der Waals surface area (Å²) in [6.45, 7) is 2.26. The van der Waals surface area contributed by atoms with Crippen LogP contribution in [-0.2, 0) is 12.6 Å². The van der Waals surface area contributed by atoms with Crippen LogP contribution in [0.2, 0.25) is 0 Å². The third-order valence-electron chi connectivity index (χ3n) is 12.6. The Kier molecular flexibility index (Phi) is 9.35. The fourth-order valence-electron chi connectivity index (χ4n) is 9.64. The monoisotopic (exact) mass is 822 g/mol. The topological polar surface area (TPSA) is 8.17 Å². The zero-order valence-electron chi connectivity index (χ0n) is 34.5. The standard InChI is InChI=1S/C58H41F3N2/c1-38-20-34-51-53(36-38)57(50-18-9-8-17-49(50)56(51)40-12-4-2-5-13-40)41-23-30-46(31-24-41)62(47-32-26-43(27-33-47)58(59,60)61)45-28-21-39(22-29-45)42-25-35-55-52(37-42)48-16-10-11-19-54(48)63(55)44-14-6-3-7-15-44/h2-35,37-38H,36H2,1H3. The van der Waals surface area contributed by atoms with Gasteiger partial charge in [0.25, 0.3) is 0 Å². The Morgan fingerprint density at radius 3 is 1.63 bits per heavy atom. The highest BCUT2D eigenvalue weighted by molar-refractivity contribution is 6.11. The van der Waals surface area contributed by atoms with Crippen LogP contribution in [0, 0.1) is 5.92 Å². The number of rotatable bonds is 7. The summed E-state index contributed by atoms with van der Waals surface area (Å²) in [6, 6.07) is 67.0. The van der Waals surface area contributed by atoms with E-state index < -0.39 is 11.7 Å². The summed E-state index contributed by atoms with van der Waals surface area (Å²) in [7, 11) is 0. The van der Waals surface area contributed by atoms with Crippen LogP contribution in [0.4, 0.5) is 30.2 Å². The van der Waals surface area contributed by atoms with Crippen LogP contribution in [-0.4, -0.2) is 4.57 Å². The van der Waals surface area contributed by atoms with Gasteiger partial charge < -0.3 is 9.47 Å². The Balaban J connectivity index is 1.01. The van der Waals surface area contributed by atoms with E-state index in [1.165, 1.54) is 44.0 Å². The number of para-hydroxylation sites is 2. The van der Waals surface area contributed by atoms with Crippen molar-refractivity contribution in [1.29, 1.82) is 0 Å². The fraction of sp³-hybridized carbons (Fsp3) is 0.0690. The smallest absolute Gasteiger partial charge is 0.311 e. The van der Waals surface area contributed by atoms with Gasteiger partial charge in [0.15, 0.2) is 0 Å². The van der Waals surface area contributed by atoms with Crippen molar-refractivity contribution in [3.05, 3.63) is 223 Å². The SMILES string of the molecule is CC1C=Cc2c(c(-c3ccc(N(c4ccc(-c5ccc6c(c5)c5ccccc5n6-c5ccccc5)cc4)c4ccc(C(F)(F)F)cc4)cc3)c3ccccc3c2-c2ccccc2)C1. The van der Waals surface area contributed by atoms with Crippen molar-refractivity contribution in [2.75, 3.05) is 4.90 Å². The van der Waals surface area contributed by atoms with Gasteiger partial charge in [-0.1, -0.05) is 140 Å². The minimum absolute atomic E-state index is 0.384. The number of alkyl halides is 3. The molecule has 1 heterocycles. The lowest BCUT2D eigenvalue weighted by atomic mass is 9.78. The van der Waals surface area contributed by atoms with E-state index in [9.17, 15) is 13.2 Å². The highest BCUT2D eigenvalue weighted by Gasteiger charge is 2.30. The molecule has 0 N–H and O–H groups in total. The lowest BCUT2D eigenvalue weighted by Crippen LogP contribution is -2.11. The largest absolute Gasteiger partial charge is 0.416 e. The molecule has 1 aliphatic rings. The molecule has 0 saturated heterocycles. The average Bonchev–Trinajstić information content (AvgIpc) is 3.65. The van der Waals surface area contributed by atoms with E-state index in [4.69, 9.17) is 0 Å². The van der Waals surface area contributed by atoms with Crippen molar-refractivity contribution < 1.29 is 13.2 Å². The molecule has 9 aromatic carbocycles. The number of hydrogen-bond acceptors (Lipinski definition) is 1. The lowest BCUT2D eigenvalue weighted by molar-refractivity contribution is -0.137. The number of hydrogen-bond donors (Lipinski definition) is 0. The first-order valence-electron chi connectivity index (χ1n) is 21.4. The molecule has 11 rings (SSSR count). The van der Waals surface area contributed by atoms with E-state index >= 15 is 0 Å². The molecule has 0 amide bonds. The number of fused-ring (bicyclic) bond motifs is 5. The number of allylic oxidation sites excluding steroid dienone is 1. The van der Waals surface area contributed by atoms with Gasteiger partial charge in [0, 0.05) is 33.5 Å². The van der Waals surface area contributed by atoms with E-state index in [-0.39, 0.29) is 0 Å². The molecule has 1 aromatic heterocycles. The number of nitrogens with zero attached hydrogens (tertiary/aromatic N) is 2. The van der Waals surface area contributed by atoms with Crippen molar-refractivity contribution in [2.24, 2.45) is 5.92 Å². The normalized spacial score (nSPS) is 13.7. The Hall–Kier alpha value is -7.63. The second kappa shape index (κ2) is 15.4. The molecule has 10 aromatic rings. The Labute approximate surface area is 364 Å². The van der Waals surface area contributed by atoms with E-state index in [2.05, 4.69) is 194 Å². The van der Waals surface area contributed by atoms with Crippen LogP contribution >= 0.6 is 0 Å². The summed E-state index contributed by atoms with van der Waals surface area (Å²) in [6.07, 6.45) is 1.09. The van der Waals surface area contributed by atoms with Gasteiger partial charge in [-0.2, -0.15) is 13.2 Å².